The first-order chi connectivity index (χ1) is 9.29. The van der Waals surface area contributed by atoms with Crippen molar-refractivity contribution in [2.75, 3.05) is 6.61 Å². The number of hydrogen-bond acceptors (Lipinski definition) is 2. The van der Waals surface area contributed by atoms with Crippen LogP contribution in [0.5, 0.6) is 0 Å². The fraction of sp³-hybridized carbons (Fsp3) is 0.188. The fourth-order valence-electron chi connectivity index (χ4n) is 1.92. The first kappa shape index (κ1) is 13.3. The summed E-state index contributed by atoms with van der Waals surface area (Å²) >= 11 is 0. The Hall–Kier alpha value is -2.13. The Kier molecular flexibility index (Phi) is 4.70. The molecule has 0 unspecified atom stereocenters. The van der Waals surface area contributed by atoms with Crippen molar-refractivity contribution in [3.8, 4) is 0 Å². The van der Waals surface area contributed by atoms with Gasteiger partial charge >= 0.3 is 0 Å². The van der Waals surface area contributed by atoms with Gasteiger partial charge in [-0.1, -0.05) is 48.5 Å². The molecule has 1 atom stereocenters. The molecule has 0 saturated carbocycles. The SMILES string of the molecule is O=C(N[C@H](CO)Cc1ccccc1)c1ccccc1. The lowest BCUT2D eigenvalue weighted by Crippen LogP contribution is -2.39. The molecule has 0 aromatic heterocycles. The average molecular weight is 255 g/mol. The summed E-state index contributed by atoms with van der Waals surface area (Å²) in [6.07, 6.45) is 0.621. The van der Waals surface area contributed by atoms with Crippen LogP contribution in [0, 0.1) is 0 Å². The van der Waals surface area contributed by atoms with Crippen LogP contribution in [-0.2, 0) is 6.42 Å². The molecule has 0 radical (unpaired) electrons. The molecule has 2 aromatic carbocycles. The summed E-state index contributed by atoms with van der Waals surface area (Å²) in [5.41, 5.74) is 1.70. The van der Waals surface area contributed by atoms with Gasteiger partial charge < -0.3 is 10.4 Å². The van der Waals surface area contributed by atoms with E-state index < -0.39 is 0 Å². The van der Waals surface area contributed by atoms with Crippen LogP contribution in [0.25, 0.3) is 0 Å². The van der Waals surface area contributed by atoms with Crippen molar-refractivity contribution in [1.82, 2.24) is 5.32 Å². The summed E-state index contributed by atoms with van der Waals surface area (Å²) in [7, 11) is 0. The zero-order valence-electron chi connectivity index (χ0n) is 10.6. The lowest BCUT2D eigenvalue weighted by molar-refractivity contribution is 0.0916. The van der Waals surface area contributed by atoms with E-state index in [0.717, 1.165) is 5.56 Å². The number of benzene rings is 2. The van der Waals surface area contributed by atoms with Crippen LogP contribution < -0.4 is 5.32 Å². The van der Waals surface area contributed by atoms with E-state index in [1.807, 2.05) is 48.5 Å². The van der Waals surface area contributed by atoms with Crippen LogP contribution in [0.2, 0.25) is 0 Å². The highest BCUT2D eigenvalue weighted by Crippen LogP contribution is 2.04. The molecule has 98 valence electrons. The summed E-state index contributed by atoms with van der Waals surface area (Å²) in [6, 6.07) is 18.6. The van der Waals surface area contributed by atoms with E-state index in [0.29, 0.717) is 12.0 Å². The number of carbonyl (C=O) groups excluding carboxylic acids is 1. The Bertz CT molecular complexity index is 511. The summed E-state index contributed by atoms with van der Waals surface area (Å²) in [5.74, 6) is -0.157. The van der Waals surface area contributed by atoms with Crippen molar-refractivity contribution < 1.29 is 9.90 Å². The van der Waals surface area contributed by atoms with Crippen molar-refractivity contribution in [3.05, 3.63) is 71.8 Å². The molecule has 0 heterocycles. The van der Waals surface area contributed by atoms with Crippen molar-refractivity contribution in [2.24, 2.45) is 0 Å². The lowest BCUT2D eigenvalue weighted by Gasteiger charge is -2.16. The van der Waals surface area contributed by atoms with E-state index >= 15 is 0 Å². The largest absolute Gasteiger partial charge is 0.394 e. The average Bonchev–Trinajstić information content (AvgIpc) is 2.48. The van der Waals surface area contributed by atoms with Crippen LogP contribution in [-0.4, -0.2) is 23.7 Å². The maximum absolute atomic E-state index is 12.0. The van der Waals surface area contributed by atoms with E-state index in [2.05, 4.69) is 5.32 Å². The minimum atomic E-state index is -0.268. The van der Waals surface area contributed by atoms with Crippen molar-refractivity contribution in [2.45, 2.75) is 12.5 Å². The molecule has 0 saturated heterocycles. The fourth-order valence-corrected chi connectivity index (χ4v) is 1.92. The second-order valence-corrected chi connectivity index (χ2v) is 4.41. The zero-order valence-corrected chi connectivity index (χ0v) is 10.6. The first-order valence-electron chi connectivity index (χ1n) is 6.30. The van der Waals surface area contributed by atoms with Crippen LogP contribution in [0.4, 0.5) is 0 Å². The Labute approximate surface area is 112 Å². The Balaban J connectivity index is 1.98. The van der Waals surface area contributed by atoms with Crippen molar-refractivity contribution in [1.29, 1.82) is 0 Å². The van der Waals surface area contributed by atoms with E-state index in [1.54, 1.807) is 12.1 Å². The predicted octanol–water partition coefficient (Wildman–Crippen LogP) is 2.02. The summed E-state index contributed by atoms with van der Waals surface area (Å²) in [4.78, 5) is 12.0. The number of aliphatic hydroxyl groups excluding tert-OH is 1. The maximum Gasteiger partial charge on any atom is 0.251 e. The van der Waals surface area contributed by atoms with E-state index in [1.165, 1.54) is 0 Å². The molecule has 2 rings (SSSR count). The third kappa shape index (κ3) is 3.93. The number of aliphatic hydroxyl groups is 1. The van der Waals surface area contributed by atoms with Gasteiger partial charge in [0.25, 0.3) is 5.91 Å². The molecular weight excluding hydrogens is 238 g/mol. The topological polar surface area (TPSA) is 49.3 Å². The standard InChI is InChI=1S/C16H17NO2/c18-12-15(11-13-7-3-1-4-8-13)17-16(19)14-9-5-2-6-10-14/h1-10,15,18H,11-12H2,(H,17,19)/t15-/m0/s1. The first-order valence-corrected chi connectivity index (χ1v) is 6.30. The van der Waals surface area contributed by atoms with Crippen molar-refractivity contribution >= 4 is 5.91 Å². The van der Waals surface area contributed by atoms with Gasteiger partial charge in [-0.15, -0.1) is 0 Å². The van der Waals surface area contributed by atoms with Gasteiger partial charge in [-0.2, -0.15) is 0 Å². The Morgan fingerprint density at radius 1 is 1.00 bits per heavy atom. The molecule has 2 N–H and O–H groups in total. The minimum Gasteiger partial charge on any atom is -0.394 e. The molecule has 19 heavy (non-hydrogen) atoms. The molecular formula is C16H17NO2. The Morgan fingerprint density at radius 2 is 1.58 bits per heavy atom. The monoisotopic (exact) mass is 255 g/mol. The van der Waals surface area contributed by atoms with E-state index in [4.69, 9.17) is 0 Å². The van der Waals surface area contributed by atoms with E-state index in [-0.39, 0.29) is 18.6 Å². The maximum atomic E-state index is 12.0. The van der Waals surface area contributed by atoms with Crippen molar-refractivity contribution in [3.63, 3.8) is 0 Å². The highest BCUT2D eigenvalue weighted by Gasteiger charge is 2.13. The van der Waals surface area contributed by atoms with Crippen LogP contribution >= 0.6 is 0 Å². The number of rotatable bonds is 5. The molecule has 0 bridgehead atoms. The summed E-state index contributed by atoms with van der Waals surface area (Å²) in [5, 5.41) is 12.2. The highest BCUT2D eigenvalue weighted by molar-refractivity contribution is 5.94. The summed E-state index contributed by atoms with van der Waals surface area (Å²) < 4.78 is 0. The van der Waals surface area contributed by atoms with Crippen LogP contribution in [0.3, 0.4) is 0 Å². The molecule has 0 fully saturated rings. The number of amides is 1. The third-order valence-corrected chi connectivity index (χ3v) is 2.92. The Morgan fingerprint density at radius 3 is 2.16 bits per heavy atom. The van der Waals surface area contributed by atoms with Crippen LogP contribution in [0.1, 0.15) is 15.9 Å². The minimum absolute atomic E-state index is 0.0759. The second kappa shape index (κ2) is 6.71. The highest BCUT2D eigenvalue weighted by atomic mass is 16.3. The van der Waals surface area contributed by atoms with E-state index in [9.17, 15) is 9.90 Å². The third-order valence-electron chi connectivity index (χ3n) is 2.92. The van der Waals surface area contributed by atoms with Gasteiger partial charge in [-0.05, 0) is 24.1 Å². The molecule has 2 aromatic rings. The number of nitrogens with one attached hydrogen (secondary N) is 1. The van der Waals surface area contributed by atoms with Gasteiger partial charge in [0.1, 0.15) is 0 Å². The molecule has 0 spiro atoms. The van der Waals surface area contributed by atoms with Gasteiger partial charge in [-0.3, -0.25) is 4.79 Å². The molecule has 0 aliphatic carbocycles. The van der Waals surface area contributed by atoms with Gasteiger partial charge in [0.2, 0.25) is 0 Å². The predicted molar refractivity (Wildman–Crippen MR) is 74.9 cm³/mol. The van der Waals surface area contributed by atoms with Gasteiger partial charge in [0, 0.05) is 5.56 Å². The van der Waals surface area contributed by atoms with Gasteiger partial charge in [-0.25, -0.2) is 0 Å². The number of carbonyl (C=O) groups is 1. The molecule has 0 aliphatic rings. The molecule has 0 aliphatic heterocycles. The lowest BCUT2D eigenvalue weighted by atomic mass is 10.1. The molecule has 3 heteroatoms. The number of hydrogen-bond donors (Lipinski definition) is 2. The van der Waals surface area contributed by atoms with Gasteiger partial charge in [0.15, 0.2) is 0 Å². The molecule has 1 amide bonds. The summed E-state index contributed by atoms with van der Waals surface area (Å²) in [6.45, 7) is -0.0759. The van der Waals surface area contributed by atoms with Gasteiger partial charge in [0.05, 0.1) is 12.6 Å². The quantitative estimate of drug-likeness (QED) is 0.858. The smallest absolute Gasteiger partial charge is 0.251 e. The van der Waals surface area contributed by atoms with Crippen LogP contribution in [0.15, 0.2) is 60.7 Å². The molecule has 3 nitrogen and oxygen atoms in total. The zero-order chi connectivity index (χ0) is 13.5. The normalized spacial score (nSPS) is 11.8. The second-order valence-electron chi connectivity index (χ2n) is 4.41.